The number of rotatable bonds is 4. The molecule has 0 fully saturated rings. The highest BCUT2D eigenvalue weighted by Gasteiger charge is 2.22. The Kier molecular flexibility index (Phi) is 10.3. The van der Waals surface area contributed by atoms with Gasteiger partial charge in [0.1, 0.15) is 23.9 Å². The summed E-state index contributed by atoms with van der Waals surface area (Å²) in [5.41, 5.74) is 1.84. The number of nitrogens with zero attached hydrogens (tertiary/aromatic N) is 8. The van der Waals surface area contributed by atoms with Gasteiger partial charge in [-0.15, -0.1) is 0 Å². The number of hydrogen-bond donors (Lipinski definition) is 0. The molecule has 2 amide bonds. The Morgan fingerprint density at radius 1 is 0.837 bits per heavy atom. The maximum atomic E-state index is 13.9. The summed E-state index contributed by atoms with van der Waals surface area (Å²) in [6.45, 7) is 4.50. The van der Waals surface area contributed by atoms with E-state index in [1.807, 2.05) is 90.1 Å². The molecule has 0 unspecified atom stereocenters. The number of aryl methyl sites for hydroxylation is 1. The van der Waals surface area contributed by atoms with Crippen molar-refractivity contribution in [2.24, 2.45) is 0 Å². The third kappa shape index (κ3) is 7.64. The van der Waals surface area contributed by atoms with Crippen LogP contribution in [0.2, 0.25) is 0 Å². The third-order valence-electron chi connectivity index (χ3n) is 8.78. The Morgan fingerprint density at radius 2 is 1.61 bits per heavy atom. The first-order valence-corrected chi connectivity index (χ1v) is 16.7. The van der Waals surface area contributed by atoms with Gasteiger partial charge < -0.3 is 24.0 Å². The maximum Gasteiger partial charge on any atom is 0.275 e. The lowest BCUT2D eigenvalue weighted by molar-refractivity contribution is -0.132. The van der Waals surface area contributed by atoms with E-state index in [0.29, 0.717) is 81.1 Å². The largest absolute Gasteiger partial charge is 0.494 e. The van der Waals surface area contributed by atoms with Crippen LogP contribution in [-0.4, -0.2) is 92.8 Å². The van der Waals surface area contributed by atoms with Crippen LogP contribution in [0.15, 0.2) is 84.0 Å². The van der Waals surface area contributed by atoms with Crippen molar-refractivity contribution in [3.8, 4) is 17.1 Å². The lowest BCUT2D eigenvalue weighted by atomic mass is 10.1. The highest BCUT2D eigenvalue weighted by Crippen LogP contribution is 2.24. The van der Waals surface area contributed by atoms with E-state index in [-0.39, 0.29) is 23.9 Å². The molecule has 12 nitrogen and oxygen atoms in total. The van der Waals surface area contributed by atoms with Gasteiger partial charge in [0.05, 0.1) is 23.3 Å². The number of ether oxygens (including phenoxy) is 1. The fraction of sp³-hybridized carbons (Fsp3) is 0.351. The number of benzene rings is 2. The van der Waals surface area contributed by atoms with Gasteiger partial charge in [0.25, 0.3) is 11.5 Å². The van der Waals surface area contributed by atoms with Crippen LogP contribution < -0.4 is 15.2 Å². The lowest BCUT2D eigenvalue weighted by Gasteiger charge is -2.26. The zero-order valence-electron chi connectivity index (χ0n) is 28.3. The first-order valence-electron chi connectivity index (χ1n) is 16.7. The normalized spacial score (nSPS) is 14.5. The van der Waals surface area contributed by atoms with Crippen LogP contribution in [-0.2, 0) is 17.9 Å². The van der Waals surface area contributed by atoms with Crippen LogP contribution in [0.1, 0.15) is 35.3 Å². The van der Waals surface area contributed by atoms with Crippen LogP contribution in [0.25, 0.3) is 22.2 Å². The number of carbonyl (C=O) groups is 2. The lowest BCUT2D eigenvalue weighted by Crippen LogP contribution is -2.40. The fourth-order valence-electron chi connectivity index (χ4n) is 6.26. The Bertz CT molecular complexity index is 2000. The van der Waals surface area contributed by atoms with Crippen molar-refractivity contribution in [2.75, 3.05) is 51.8 Å². The summed E-state index contributed by atoms with van der Waals surface area (Å²) >= 11 is 0. The minimum absolute atomic E-state index is 0.0906. The van der Waals surface area contributed by atoms with Gasteiger partial charge in [-0.05, 0) is 56.5 Å². The average molecular weight is 663 g/mol. The van der Waals surface area contributed by atoms with Gasteiger partial charge in [-0.25, -0.2) is 14.6 Å². The zero-order chi connectivity index (χ0) is 34.3. The molecule has 0 N–H and O–H groups in total. The molecule has 2 aromatic carbocycles. The second-order valence-electron chi connectivity index (χ2n) is 12.4. The summed E-state index contributed by atoms with van der Waals surface area (Å²) in [5, 5.41) is 5.80. The Morgan fingerprint density at radius 3 is 2.43 bits per heavy atom. The van der Waals surface area contributed by atoms with Crippen LogP contribution in [0.4, 0.5) is 5.82 Å². The topological polar surface area (TPSA) is 119 Å². The zero-order valence-corrected chi connectivity index (χ0v) is 28.3. The van der Waals surface area contributed by atoms with Crippen molar-refractivity contribution in [1.82, 2.24) is 34.1 Å². The minimum atomic E-state index is -0.291. The van der Waals surface area contributed by atoms with E-state index in [1.165, 1.54) is 4.68 Å². The number of pyridine rings is 1. The molecular weight excluding hydrogens is 620 g/mol. The number of anilines is 1. The molecule has 6 rings (SSSR count). The SMILES string of the molecule is Cc1nn(CC(=O)N2CCCCN(C(=O)c3cccnc3N(C)C)CCCOc3cccc(c3)-c3nccn3CC2)c(=O)c2ccccc12. The molecule has 1 aliphatic heterocycles. The maximum absolute atomic E-state index is 13.9. The van der Waals surface area contributed by atoms with Crippen molar-refractivity contribution in [2.45, 2.75) is 39.3 Å². The fourth-order valence-corrected chi connectivity index (χ4v) is 6.26. The Hall–Kier alpha value is -5.52. The second kappa shape index (κ2) is 15.1. The van der Waals surface area contributed by atoms with E-state index < -0.39 is 0 Å². The molecule has 0 saturated carbocycles. The number of hydrogen-bond acceptors (Lipinski definition) is 8. The van der Waals surface area contributed by atoms with Gasteiger partial charge in [-0.1, -0.05) is 30.3 Å². The minimum Gasteiger partial charge on any atom is -0.494 e. The van der Waals surface area contributed by atoms with Crippen LogP contribution in [0.5, 0.6) is 5.75 Å². The van der Waals surface area contributed by atoms with E-state index in [9.17, 15) is 14.4 Å². The number of fused-ring (bicyclic) bond motifs is 5. The van der Waals surface area contributed by atoms with Crippen molar-refractivity contribution in [1.29, 1.82) is 0 Å². The van der Waals surface area contributed by atoms with Gasteiger partial charge in [0, 0.05) is 76.4 Å². The highest BCUT2D eigenvalue weighted by atomic mass is 16.5. The predicted molar refractivity (Wildman–Crippen MR) is 189 cm³/mol. The Balaban J connectivity index is 1.26. The summed E-state index contributed by atoms with van der Waals surface area (Å²) in [6.07, 6.45) is 7.33. The van der Waals surface area contributed by atoms with E-state index in [0.717, 1.165) is 22.5 Å². The smallest absolute Gasteiger partial charge is 0.275 e. The van der Waals surface area contributed by atoms with E-state index >= 15 is 0 Å². The van der Waals surface area contributed by atoms with Gasteiger partial charge in [0.15, 0.2) is 0 Å². The molecule has 0 atom stereocenters. The molecule has 12 heteroatoms. The second-order valence-corrected chi connectivity index (χ2v) is 12.4. The molecule has 1 aliphatic rings. The summed E-state index contributed by atoms with van der Waals surface area (Å²) in [4.78, 5) is 55.7. The molecule has 0 radical (unpaired) electrons. The van der Waals surface area contributed by atoms with Crippen molar-refractivity contribution in [3.63, 3.8) is 0 Å². The summed E-state index contributed by atoms with van der Waals surface area (Å²) < 4.78 is 9.42. The quantitative estimate of drug-likeness (QED) is 0.280. The van der Waals surface area contributed by atoms with Gasteiger partial charge in [-0.3, -0.25) is 14.4 Å². The van der Waals surface area contributed by atoms with Crippen molar-refractivity contribution < 1.29 is 14.3 Å². The van der Waals surface area contributed by atoms with Gasteiger partial charge >= 0.3 is 0 Å². The van der Waals surface area contributed by atoms with E-state index in [4.69, 9.17) is 4.74 Å². The first kappa shape index (κ1) is 33.4. The molecule has 254 valence electrons. The monoisotopic (exact) mass is 662 g/mol. The highest BCUT2D eigenvalue weighted by molar-refractivity contribution is 5.98. The molecule has 4 heterocycles. The van der Waals surface area contributed by atoms with Gasteiger partial charge in [-0.2, -0.15) is 5.10 Å². The number of carbonyl (C=O) groups excluding carboxylic acids is 2. The van der Waals surface area contributed by atoms with Crippen molar-refractivity contribution in [3.05, 3.63) is 101 Å². The van der Waals surface area contributed by atoms with Crippen LogP contribution >= 0.6 is 0 Å². The molecular formula is C37H42N8O4. The molecule has 0 spiro atoms. The molecule has 3 aromatic heterocycles. The van der Waals surface area contributed by atoms with E-state index in [1.54, 1.807) is 29.4 Å². The van der Waals surface area contributed by atoms with E-state index in [2.05, 4.69) is 15.1 Å². The molecule has 0 saturated heterocycles. The van der Waals surface area contributed by atoms with Crippen LogP contribution in [0.3, 0.4) is 0 Å². The standard InChI is InChI=1S/C37H42N8O4/c1-27-30-13-4-5-14-31(30)37(48)45(40-27)26-33(46)42-18-6-7-19-44(36(47)32-15-9-16-38-35(32)41(2)3)20-10-24-49-29-12-8-11-28(25-29)34-39-17-21-43(34)23-22-42/h4-5,8-9,11-17,21,25H,6-7,10,18-20,22-24,26H2,1-3H3. The number of amides is 2. The summed E-state index contributed by atoms with van der Waals surface area (Å²) in [6, 6.07) is 18.7. The van der Waals surface area contributed by atoms with Crippen molar-refractivity contribution >= 4 is 28.4 Å². The predicted octanol–water partition coefficient (Wildman–Crippen LogP) is 4.26. The first-order chi connectivity index (χ1) is 23.8. The molecule has 5 aromatic rings. The average Bonchev–Trinajstić information content (AvgIpc) is 3.59. The van der Waals surface area contributed by atoms with Crippen LogP contribution in [0, 0.1) is 6.92 Å². The molecule has 2 bridgehead atoms. The Labute approximate surface area is 285 Å². The summed E-state index contributed by atoms with van der Waals surface area (Å²) in [5.74, 6) is 1.82. The molecule has 49 heavy (non-hydrogen) atoms. The number of imidazole rings is 1. The van der Waals surface area contributed by atoms with Gasteiger partial charge in [0.2, 0.25) is 5.91 Å². The number of aromatic nitrogens is 5. The third-order valence-corrected chi connectivity index (χ3v) is 8.78. The summed E-state index contributed by atoms with van der Waals surface area (Å²) in [7, 11) is 3.75. The molecule has 0 aliphatic carbocycles.